The van der Waals surface area contributed by atoms with Crippen molar-refractivity contribution in [3.63, 3.8) is 0 Å². The molecule has 0 spiro atoms. The first-order valence-electron chi connectivity index (χ1n) is 5.23. The topological polar surface area (TPSA) is 70.1 Å². The first-order valence-corrected chi connectivity index (χ1v) is 6.03. The molecule has 1 aromatic heterocycles. The number of halogens is 1. The van der Waals surface area contributed by atoms with E-state index in [0.29, 0.717) is 11.8 Å². The van der Waals surface area contributed by atoms with Crippen LogP contribution in [0.3, 0.4) is 0 Å². The van der Waals surface area contributed by atoms with Gasteiger partial charge in [0, 0.05) is 19.3 Å². The minimum absolute atomic E-state index is 0.0362. The maximum absolute atomic E-state index is 8.88. The van der Waals surface area contributed by atoms with Gasteiger partial charge in [0.2, 0.25) is 5.95 Å². The molecule has 0 amide bonds. The summed E-state index contributed by atoms with van der Waals surface area (Å²) >= 11 is 3.32. The fraction of sp³-hybridized carbons (Fsp3) is 0.455. The van der Waals surface area contributed by atoms with Crippen molar-refractivity contribution in [3.8, 4) is 0 Å². The van der Waals surface area contributed by atoms with Crippen LogP contribution in [0.4, 0.5) is 11.8 Å². The Hall–Kier alpha value is -1.14. The number of rotatable bonds is 4. The van der Waals surface area contributed by atoms with Crippen LogP contribution in [0.2, 0.25) is 0 Å². The molecule has 0 fully saturated rings. The van der Waals surface area contributed by atoms with Gasteiger partial charge in [0.25, 0.3) is 0 Å². The highest BCUT2D eigenvalue weighted by Gasteiger charge is 2.06. The van der Waals surface area contributed by atoms with Crippen molar-refractivity contribution in [1.82, 2.24) is 9.97 Å². The summed E-state index contributed by atoms with van der Waals surface area (Å²) in [5.74, 6) is 1.21. The van der Waals surface area contributed by atoms with Gasteiger partial charge < -0.3 is 15.7 Å². The highest BCUT2D eigenvalue weighted by atomic mass is 79.9. The number of allylic oxidation sites excluding steroid dienone is 1. The van der Waals surface area contributed by atoms with Gasteiger partial charge in [-0.25, -0.2) is 4.98 Å². The summed E-state index contributed by atoms with van der Waals surface area (Å²) in [6, 6.07) is -0.0362. The van der Waals surface area contributed by atoms with Crippen LogP contribution in [0, 0.1) is 0 Å². The minimum atomic E-state index is -0.0362. The van der Waals surface area contributed by atoms with E-state index >= 15 is 0 Å². The molecule has 5 nitrogen and oxygen atoms in total. The molecule has 1 unspecified atom stereocenters. The van der Waals surface area contributed by atoms with Crippen LogP contribution in [0.25, 0.3) is 0 Å². The van der Waals surface area contributed by atoms with Gasteiger partial charge in [-0.2, -0.15) is 4.98 Å². The number of anilines is 2. The van der Waals surface area contributed by atoms with Crippen LogP contribution >= 0.6 is 15.9 Å². The third-order valence-corrected chi connectivity index (χ3v) is 2.21. The normalized spacial score (nSPS) is 10.9. The molecular formula is C11H19BrN4O. The van der Waals surface area contributed by atoms with Crippen molar-refractivity contribution in [3.05, 3.63) is 23.3 Å². The lowest BCUT2D eigenvalue weighted by Crippen LogP contribution is -2.20. The standard InChI is InChI=1S/C8H13BrN4O.C3H6/c1-5(4-14)12-7-6(9)3-11-8(10-2)13-7;1-3-2/h3,5,14H,4H2,1-2H3,(H2,10,11,12,13);3H,1H2,2H3. The van der Waals surface area contributed by atoms with Crippen LogP contribution in [0.15, 0.2) is 23.3 Å². The smallest absolute Gasteiger partial charge is 0.224 e. The van der Waals surface area contributed by atoms with E-state index < -0.39 is 0 Å². The second-order valence-corrected chi connectivity index (χ2v) is 4.13. The molecule has 0 aliphatic rings. The molecule has 3 N–H and O–H groups in total. The maximum Gasteiger partial charge on any atom is 0.224 e. The zero-order valence-corrected chi connectivity index (χ0v) is 12.0. The summed E-state index contributed by atoms with van der Waals surface area (Å²) in [5, 5.41) is 14.8. The Morgan fingerprint density at radius 3 is 2.71 bits per heavy atom. The van der Waals surface area contributed by atoms with E-state index in [1.165, 1.54) is 0 Å². The quantitative estimate of drug-likeness (QED) is 0.744. The first kappa shape index (κ1) is 15.9. The molecule has 6 heteroatoms. The fourth-order valence-electron chi connectivity index (χ4n) is 0.868. The molecule has 1 aromatic rings. The van der Waals surface area contributed by atoms with Gasteiger partial charge in [-0.3, -0.25) is 0 Å². The van der Waals surface area contributed by atoms with Crippen molar-refractivity contribution in [2.45, 2.75) is 19.9 Å². The molecule has 1 heterocycles. The molecule has 0 bridgehead atoms. The van der Waals surface area contributed by atoms with Crippen LogP contribution in [-0.2, 0) is 0 Å². The molecule has 0 aliphatic heterocycles. The second kappa shape index (κ2) is 8.95. The molecule has 0 aromatic carbocycles. The van der Waals surface area contributed by atoms with Crippen molar-refractivity contribution in [2.75, 3.05) is 24.3 Å². The van der Waals surface area contributed by atoms with E-state index in [-0.39, 0.29) is 12.6 Å². The van der Waals surface area contributed by atoms with E-state index in [1.807, 2.05) is 13.8 Å². The monoisotopic (exact) mass is 302 g/mol. The average molecular weight is 303 g/mol. The van der Waals surface area contributed by atoms with Crippen LogP contribution in [0.5, 0.6) is 0 Å². The highest BCUT2D eigenvalue weighted by Crippen LogP contribution is 2.20. The molecule has 96 valence electrons. The summed E-state index contributed by atoms with van der Waals surface area (Å²) in [7, 11) is 1.75. The Labute approximate surface area is 111 Å². The summed E-state index contributed by atoms with van der Waals surface area (Å²) in [5.41, 5.74) is 0. The van der Waals surface area contributed by atoms with Crippen LogP contribution in [0.1, 0.15) is 13.8 Å². The Morgan fingerprint density at radius 1 is 1.65 bits per heavy atom. The molecule has 0 saturated carbocycles. The Morgan fingerprint density at radius 2 is 2.24 bits per heavy atom. The minimum Gasteiger partial charge on any atom is -0.394 e. The maximum atomic E-state index is 8.88. The highest BCUT2D eigenvalue weighted by molar-refractivity contribution is 9.10. The predicted molar refractivity (Wildman–Crippen MR) is 75.3 cm³/mol. The zero-order valence-electron chi connectivity index (χ0n) is 10.4. The number of nitrogens with one attached hydrogen (secondary N) is 2. The fourth-order valence-corrected chi connectivity index (χ4v) is 1.17. The van der Waals surface area contributed by atoms with Crippen LogP contribution < -0.4 is 10.6 Å². The molecule has 17 heavy (non-hydrogen) atoms. The number of aliphatic hydroxyl groups is 1. The van der Waals surface area contributed by atoms with E-state index in [2.05, 4.69) is 43.1 Å². The molecular weight excluding hydrogens is 284 g/mol. The van der Waals surface area contributed by atoms with E-state index in [9.17, 15) is 0 Å². The third-order valence-electron chi connectivity index (χ3n) is 1.62. The van der Waals surface area contributed by atoms with E-state index in [1.54, 1.807) is 19.3 Å². The van der Waals surface area contributed by atoms with Gasteiger partial charge >= 0.3 is 0 Å². The molecule has 1 atom stereocenters. The predicted octanol–water partition coefficient (Wildman–Crippen LogP) is 2.27. The summed E-state index contributed by atoms with van der Waals surface area (Å²) in [4.78, 5) is 8.21. The summed E-state index contributed by atoms with van der Waals surface area (Å²) in [6.45, 7) is 7.18. The molecule has 1 rings (SSSR count). The third kappa shape index (κ3) is 6.23. The lowest BCUT2D eigenvalue weighted by molar-refractivity contribution is 0.281. The van der Waals surface area contributed by atoms with Crippen molar-refractivity contribution in [1.29, 1.82) is 0 Å². The Balaban J connectivity index is 0.000000770. The Bertz CT molecular complexity index is 346. The first-order chi connectivity index (χ1) is 8.08. The zero-order chi connectivity index (χ0) is 13.3. The summed E-state index contributed by atoms with van der Waals surface area (Å²) in [6.07, 6.45) is 3.41. The summed E-state index contributed by atoms with van der Waals surface area (Å²) < 4.78 is 0.775. The van der Waals surface area contributed by atoms with Crippen molar-refractivity contribution < 1.29 is 5.11 Å². The second-order valence-electron chi connectivity index (χ2n) is 3.28. The SMILES string of the molecule is C=CC.CNc1ncc(Br)c(NC(C)CO)n1. The molecule has 0 saturated heterocycles. The van der Waals surface area contributed by atoms with E-state index in [4.69, 9.17) is 5.11 Å². The number of nitrogens with zero attached hydrogens (tertiary/aromatic N) is 2. The van der Waals surface area contributed by atoms with Gasteiger partial charge in [0.15, 0.2) is 0 Å². The number of hydrogen-bond acceptors (Lipinski definition) is 5. The molecule has 0 radical (unpaired) electrons. The van der Waals surface area contributed by atoms with Gasteiger partial charge in [0.1, 0.15) is 5.82 Å². The van der Waals surface area contributed by atoms with Gasteiger partial charge in [-0.1, -0.05) is 6.08 Å². The largest absolute Gasteiger partial charge is 0.394 e. The van der Waals surface area contributed by atoms with Gasteiger partial charge in [0.05, 0.1) is 11.1 Å². The van der Waals surface area contributed by atoms with E-state index in [0.717, 1.165) is 4.47 Å². The number of aliphatic hydroxyl groups excluding tert-OH is 1. The van der Waals surface area contributed by atoms with Crippen molar-refractivity contribution in [2.24, 2.45) is 0 Å². The van der Waals surface area contributed by atoms with Gasteiger partial charge in [-0.05, 0) is 29.8 Å². The lowest BCUT2D eigenvalue weighted by atomic mass is 10.3. The number of hydrogen-bond donors (Lipinski definition) is 3. The van der Waals surface area contributed by atoms with Crippen LogP contribution in [-0.4, -0.2) is 34.8 Å². The number of aromatic nitrogens is 2. The Kier molecular flexibility index (Phi) is 8.35. The molecule has 0 aliphatic carbocycles. The lowest BCUT2D eigenvalue weighted by Gasteiger charge is -2.13. The van der Waals surface area contributed by atoms with Gasteiger partial charge in [-0.15, -0.1) is 6.58 Å². The van der Waals surface area contributed by atoms with Crippen molar-refractivity contribution >= 4 is 27.7 Å². The average Bonchev–Trinajstić information content (AvgIpc) is 2.32.